The zero-order valence-corrected chi connectivity index (χ0v) is 20.0. The molecule has 0 fully saturated rings. The Balaban J connectivity index is 1.81. The molecule has 0 unspecified atom stereocenters. The molecule has 0 amide bonds. The average molecular weight is 543 g/mol. The van der Waals surface area contributed by atoms with E-state index >= 15 is 0 Å². The van der Waals surface area contributed by atoms with Crippen LogP contribution in [-0.4, -0.2) is 17.7 Å². The molecule has 0 heterocycles. The third kappa shape index (κ3) is 5.85. The van der Waals surface area contributed by atoms with Crippen LogP contribution >= 0.6 is 39.1 Å². The molecule has 0 aromatic heterocycles. The molecule has 3 aromatic carbocycles. The molecule has 0 spiro atoms. The number of anilines is 1. The number of rotatable bonds is 9. The first-order valence-electron chi connectivity index (χ1n) is 9.57. The maximum Gasteiger partial charge on any atom is 0.335 e. The molecule has 9 heteroatoms. The molecule has 3 rings (SSSR count). The van der Waals surface area contributed by atoms with E-state index in [0.29, 0.717) is 39.8 Å². The summed E-state index contributed by atoms with van der Waals surface area (Å²) in [5.74, 6) is -0.604. The molecule has 168 valence electrons. The Hall–Kier alpha value is -2.48. The van der Waals surface area contributed by atoms with Crippen LogP contribution in [0.2, 0.25) is 10.0 Å². The van der Waals surface area contributed by atoms with E-state index in [9.17, 15) is 14.3 Å². The number of ether oxygens (including phenoxy) is 2. The van der Waals surface area contributed by atoms with Gasteiger partial charge in [-0.25, -0.2) is 9.18 Å². The van der Waals surface area contributed by atoms with Gasteiger partial charge in [0.1, 0.15) is 12.4 Å². The fourth-order valence-electron chi connectivity index (χ4n) is 2.93. The van der Waals surface area contributed by atoms with Crippen molar-refractivity contribution in [3.63, 3.8) is 0 Å². The number of hydrogen-bond donors (Lipinski definition) is 2. The minimum Gasteiger partial charge on any atom is -0.490 e. The van der Waals surface area contributed by atoms with E-state index in [1.165, 1.54) is 30.3 Å². The average Bonchev–Trinajstić information content (AvgIpc) is 2.74. The summed E-state index contributed by atoms with van der Waals surface area (Å²) in [6, 6.07) is 12.5. The minimum absolute atomic E-state index is 0.0701. The van der Waals surface area contributed by atoms with Crippen molar-refractivity contribution in [2.45, 2.75) is 20.1 Å². The molecule has 0 bridgehead atoms. The second-order valence-corrected chi connectivity index (χ2v) is 8.35. The van der Waals surface area contributed by atoms with Gasteiger partial charge in [-0.2, -0.15) is 0 Å². The largest absolute Gasteiger partial charge is 0.490 e. The number of nitrogens with one attached hydrogen (secondary N) is 1. The van der Waals surface area contributed by atoms with E-state index in [2.05, 4.69) is 21.2 Å². The Morgan fingerprint density at radius 2 is 1.91 bits per heavy atom. The maximum absolute atomic E-state index is 14.1. The highest BCUT2D eigenvalue weighted by Gasteiger charge is 2.15. The molecule has 5 nitrogen and oxygen atoms in total. The summed E-state index contributed by atoms with van der Waals surface area (Å²) in [5, 5.41) is 13.0. The maximum atomic E-state index is 14.1. The standard InChI is InChI=1S/C23H19BrCl2FNO4/c1-2-31-21-9-13(11-28-20-10-14(23(29)30)6-7-18(20)26)8-16(24)22(21)32-12-15-17(25)4-3-5-19(15)27/h3-10,28H,2,11-12H2,1H3,(H,29,30). The van der Waals surface area contributed by atoms with Gasteiger partial charge in [-0.05, 0) is 70.9 Å². The van der Waals surface area contributed by atoms with Gasteiger partial charge in [-0.3, -0.25) is 0 Å². The Labute approximate surface area is 203 Å². The van der Waals surface area contributed by atoms with Crippen LogP contribution < -0.4 is 14.8 Å². The summed E-state index contributed by atoms with van der Waals surface area (Å²) >= 11 is 15.8. The van der Waals surface area contributed by atoms with E-state index in [4.69, 9.17) is 32.7 Å². The lowest BCUT2D eigenvalue weighted by Gasteiger charge is -2.17. The van der Waals surface area contributed by atoms with Crippen molar-refractivity contribution < 1.29 is 23.8 Å². The number of carboxylic acid groups (broad SMARTS) is 1. The van der Waals surface area contributed by atoms with Crippen LogP contribution in [0.4, 0.5) is 10.1 Å². The topological polar surface area (TPSA) is 67.8 Å². The van der Waals surface area contributed by atoms with E-state index < -0.39 is 11.8 Å². The van der Waals surface area contributed by atoms with Gasteiger partial charge in [0, 0.05) is 12.1 Å². The lowest BCUT2D eigenvalue weighted by atomic mass is 10.1. The molecule has 2 N–H and O–H groups in total. The molecule has 0 radical (unpaired) electrons. The number of halogens is 4. The number of carbonyl (C=O) groups is 1. The van der Waals surface area contributed by atoms with E-state index in [-0.39, 0.29) is 22.8 Å². The molecule has 32 heavy (non-hydrogen) atoms. The summed E-state index contributed by atoms with van der Waals surface area (Å²) in [4.78, 5) is 11.2. The lowest BCUT2D eigenvalue weighted by Crippen LogP contribution is -2.06. The first kappa shape index (κ1) is 24.2. The summed E-state index contributed by atoms with van der Waals surface area (Å²) in [6.07, 6.45) is 0. The quantitative estimate of drug-likeness (QED) is 0.299. The third-order valence-electron chi connectivity index (χ3n) is 4.49. The number of carboxylic acids is 1. The molecule has 0 aliphatic carbocycles. The van der Waals surface area contributed by atoms with Crippen molar-refractivity contribution in [1.82, 2.24) is 0 Å². The van der Waals surface area contributed by atoms with Gasteiger partial charge < -0.3 is 19.9 Å². The van der Waals surface area contributed by atoms with Gasteiger partial charge in [-0.15, -0.1) is 0 Å². The van der Waals surface area contributed by atoms with Crippen LogP contribution in [0.1, 0.15) is 28.4 Å². The predicted octanol–water partition coefficient (Wildman–Crippen LogP) is 7.18. The van der Waals surface area contributed by atoms with E-state index in [1.54, 1.807) is 12.1 Å². The fraction of sp³-hybridized carbons (Fsp3) is 0.174. The Morgan fingerprint density at radius 3 is 2.59 bits per heavy atom. The van der Waals surface area contributed by atoms with Crippen LogP contribution in [0.25, 0.3) is 0 Å². The van der Waals surface area contributed by atoms with Gasteiger partial charge in [0.05, 0.1) is 32.4 Å². The SMILES string of the molecule is CCOc1cc(CNc2cc(C(=O)O)ccc2Cl)cc(Br)c1OCc1c(F)cccc1Cl. The van der Waals surface area contributed by atoms with Crippen molar-refractivity contribution in [2.24, 2.45) is 0 Å². The minimum atomic E-state index is -1.04. The third-order valence-corrected chi connectivity index (χ3v) is 5.76. The summed E-state index contributed by atoms with van der Waals surface area (Å²) in [7, 11) is 0. The van der Waals surface area contributed by atoms with Gasteiger partial charge >= 0.3 is 5.97 Å². The van der Waals surface area contributed by atoms with E-state index in [1.807, 2.05) is 13.0 Å². The van der Waals surface area contributed by atoms with Crippen LogP contribution in [0.3, 0.4) is 0 Å². The highest BCUT2D eigenvalue weighted by Crippen LogP contribution is 2.38. The fourth-order valence-corrected chi connectivity index (χ4v) is 3.94. The molecule has 0 aliphatic rings. The Morgan fingerprint density at radius 1 is 1.12 bits per heavy atom. The second kappa shape index (κ2) is 10.9. The molecular weight excluding hydrogens is 524 g/mol. The molecule has 0 aliphatic heterocycles. The first-order valence-corrected chi connectivity index (χ1v) is 11.1. The Kier molecular flexibility index (Phi) is 8.23. The van der Waals surface area contributed by atoms with Gasteiger partial charge in [0.25, 0.3) is 0 Å². The van der Waals surface area contributed by atoms with Crippen LogP contribution in [-0.2, 0) is 13.2 Å². The number of benzene rings is 3. The van der Waals surface area contributed by atoms with Crippen LogP contribution in [0.5, 0.6) is 11.5 Å². The van der Waals surface area contributed by atoms with Crippen molar-refractivity contribution >= 4 is 50.8 Å². The van der Waals surface area contributed by atoms with E-state index in [0.717, 1.165) is 5.56 Å². The summed E-state index contributed by atoms with van der Waals surface area (Å²) < 4.78 is 26.2. The Bertz CT molecular complexity index is 1120. The van der Waals surface area contributed by atoms with Gasteiger partial charge in [0.2, 0.25) is 0 Å². The molecule has 0 atom stereocenters. The normalized spacial score (nSPS) is 10.7. The summed E-state index contributed by atoms with van der Waals surface area (Å²) in [5.41, 5.74) is 1.70. The van der Waals surface area contributed by atoms with Crippen LogP contribution in [0, 0.1) is 5.82 Å². The zero-order chi connectivity index (χ0) is 23.3. The smallest absolute Gasteiger partial charge is 0.335 e. The van der Waals surface area contributed by atoms with Crippen molar-refractivity contribution in [1.29, 1.82) is 0 Å². The zero-order valence-electron chi connectivity index (χ0n) is 16.9. The highest BCUT2D eigenvalue weighted by molar-refractivity contribution is 9.10. The summed E-state index contributed by atoms with van der Waals surface area (Å²) in [6.45, 7) is 2.51. The van der Waals surface area contributed by atoms with Gasteiger partial charge in [0.15, 0.2) is 11.5 Å². The molecule has 3 aromatic rings. The van der Waals surface area contributed by atoms with Crippen molar-refractivity contribution in [3.05, 3.63) is 85.6 Å². The van der Waals surface area contributed by atoms with Gasteiger partial charge in [-0.1, -0.05) is 29.3 Å². The second-order valence-electron chi connectivity index (χ2n) is 6.68. The molecule has 0 saturated heterocycles. The predicted molar refractivity (Wildman–Crippen MR) is 127 cm³/mol. The number of hydrogen-bond acceptors (Lipinski definition) is 4. The highest BCUT2D eigenvalue weighted by atomic mass is 79.9. The van der Waals surface area contributed by atoms with Crippen LogP contribution in [0.15, 0.2) is 53.0 Å². The first-order chi connectivity index (χ1) is 15.3. The molecular formula is C23H19BrCl2FNO4. The lowest BCUT2D eigenvalue weighted by molar-refractivity contribution is 0.0697. The monoisotopic (exact) mass is 541 g/mol. The van der Waals surface area contributed by atoms with Crippen molar-refractivity contribution in [3.8, 4) is 11.5 Å². The number of aromatic carboxylic acids is 1. The molecule has 0 saturated carbocycles. The van der Waals surface area contributed by atoms with Crippen molar-refractivity contribution in [2.75, 3.05) is 11.9 Å².